The summed E-state index contributed by atoms with van der Waals surface area (Å²) in [5.74, 6) is 0. The molecule has 3 rings (SSSR count). The van der Waals surface area contributed by atoms with Crippen LogP contribution in [-0.4, -0.2) is 0 Å². The van der Waals surface area contributed by atoms with E-state index in [1.54, 1.807) is 0 Å². The van der Waals surface area contributed by atoms with Crippen LogP contribution in [0.1, 0.15) is 18.4 Å². The summed E-state index contributed by atoms with van der Waals surface area (Å²) in [6, 6.07) is 19.3. The number of hydrogen-bond donors (Lipinski definition) is 1. The largest absolute Gasteiger partial charge is 0.168 e. The Morgan fingerprint density at radius 1 is 0.750 bits per heavy atom. The molecular formula is C15H14S. The fourth-order valence-electron chi connectivity index (χ4n) is 2.01. The van der Waals surface area contributed by atoms with Crippen LogP contribution in [0.5, 0.6) is 0 Å². The van der Waals surface area contributed by atoms with Gasteiger partial charge in [0, 0.05) is 4.75 Å². The van der Waals surface area contributed by atoms with Crippen molar-refractivity contribution in [1.82, 2.24) is 0 Å². The fraction of sp³-hybridized carbons (Fsp3) is 0.200. The van der Waals surface area contributed by atoms with Crippen LogP contribution in [0.25, 0.3) is 11.1 Å². The highest BCUT2D eigenvalue weighted by molar-refractivity contribution is 7.81. The van der Waals surface area contributed by atoms with Crippen LogP contribution in [0.15, 0.2) is 54.6 Å². The number of hydrogen-bond acceptors (Lipinski definition) is 1. The van der Waals surface area contributed by atoms with Gasteiger partial charge < -0.3 is 0 Å². The number of benzene rings is 2. The molecule has 1 fully saturated rings. The van der Waals surface area contributed by atoms with E-state index in [1.165, 1.54) is 29.5 Å². The Balaban J connectivity index is 1.94. The van der Waals surface area contributed by atoms with Crippen LogP contribution in [0.2, 0.25) is 0 Å². The van der Waals surface area contributed by atoms with Crippen molar-refractivity contribution in [2.24, 2.45) is 0 Å². The minimum absolute atomic E-state index is 0.176. The molecule has 1 saturated carbocycles. The van der Waals surface area contributed by atoms with Crippen LogP contribution >= 0.6 is 12.6 Å². The maximum Gasteiger partial charge on any atom is 0.0379 e. The molecule has 1 heteroatoms. The van der Waals surface area contributed by atoms with Gasteiger partial charge in [-0.1, -0.05) is 54.6 Å². The predicted octanol–water partition coefficient (Wildman–Crippen LogP) is 4.27. The summed E-state index contributed by atoms with van der Waals surface area (Å²) >= 11 is 4.68. The molecule has 1 aliphatic rings. The van der Waals surface area contributed by atoms with Crippen molar-refractivity contribution in [2.75, 3.05) is 0 Å². The molecule has 0 amide bonds. The number of rotatable bonds is 2. The molecule has 0 aliphatic heterocycles. The first kappa shape index (κ1) is 9.98. The van der Waals surface area contributed by atoms with E-state index in [-0.39, 0.29) is 4.75 Å². The molecule has 1 aliphatic carbocycles. The first-order valence-electron chi connectivity index (χ1n) is 5.66. The van der Waals surface area contributed by atoms with Crippen molar-refractivity contribution in [1.29, 1.82) is 0 Å². The second-order valence-electron chi connectivity index (χ2n) is 4.47. The Bertz CT molecular complexity index is 481. The van der Waals surface area contributed by atoms with Gasteiger partial charge in [0.1, 0.15) is 0 Å². The summed E-state index contributed by atoms with van der Waals surface area (Å²) in [6.45, 7) is 0. The molecule has 0 saturated heterocycles. The van der Waals surface area contributed by atoms with E-state index in [2.05, 4.69) is 61.2 Å². The van der Waals surface area contributed by atoms with Gasteiger partial charge in [0.2, 0.25) is 0 Å². The maximum atomic E-state index is 4.68. The zero-order valence-corrected chi connectivity index (χ0v) is 9.95. The van der Waals surface area contributed by atoms with Crippen LogP contribution in [-0.2, 0) is 4.75 Å². The van der Waals surface area contributed by atoms with Gasteiger partial charge in [0.25, 0.3) is 0 Å². The second-order valence-corrected chi connectivity index (χ2v) is 5.33. The molecule has 0 atom stereocenters. The van der Waals surface area contributed by atoms with Gasteiger partial charge in [-0.3, -0.25) is 0 Å². The molecule has 0 radical (unpaired) electrons. The highest BCUT2D eigenvalue weighted by Crippen LogP contribution is 2.51. The molecule has 0 nitrogen and oxygen atoms in total. The van der Waals surface area contributed by atoms with Crippen LogP contribution in [0.4, 0.5) is 0 Å². The van der Waals surface area contributed by atoms with E-state index in [9.17, 15) is 0 Å². The predicted molar refractivity (Wildman–Crippen MR) is 71.8 cm³/mol. The highest BCUT2D eigenvalue weighted by atomic mass is 32.1. The Kier molecular flexibility index (Phi) is 2.29. The lowest BCUT2D eigenvalue weighted by atomic mass is 10.0. The van der Waals surface area contributed by atoms with Crippen LogP contribution in [0, 0.1) is 0 Å². The standard InChI is InChI=1S/C15H14S/c16-15(10-11-15)14-8-6-13(7-9-14)12-4-2-1-3-5-12/h1-9,16H,10-11H2. The monoisotopic (exact) mass is 226 g/mol. The lowest BCUT2D eigenvalue weighted by Gasteiger charge is -2.09. The van der Waals surface area contributed by atoms with Gasteiger partial charge in [0.05, 0.1) is 0 Å². The van der Waals surface area contributed by atoms with E-state index in [4.69, 9.17) is 0 Å². The normalized spacial score (nSPS) is 17.1. The van der Waals surface area contributed by atoms with Gasteiger partial charge in [-0.25, -0.2) is 0 Å². The summed E-state index contributed by atoms with van der Waals surface area (Å²) in [5.41, 5.74) is 3.91. The molecule has 80 valence electrons. The maximum absolute atomic E-state index is 4.68. The van der Waals surface area contributed by atoms with E-state index < -0.39 is 0 Å². The smallest absolute Gasteiger partial charge is 0.0379 e. The van der Waals surface area contributed by atoms with E-state index in [0.717, 1.165) is 0 Å². The van der Waals surface area contributed by atoms with Crippen molar-refractivity contribution in [3.8, 4) is 11.1 Å². The van der Waals surface area contributed by atoms with Crippen molar-refractivity contribution in [2.45, 2.75) is 17.6 Å². The molecule has 0 unspecified atom stereocenters. The Labute approximate surface area is 102 Å². The molecule has 0 heterocycles. The quantitative estimate of drug-likeness (QED) is 0.726. The minimum atomic E-state index is 0.176. The zero-order valence-electron chi connectivity index (χ0n) is 9.06. The van der Waals surface area contributed by atoms with Crippen LogP contribution in [0.3, 0.4) is 0 Å². The first-order valence-corrected chi connectivity index (χ1v) is 6.11. The summed E-state index contributed by atoms with van der Waals surface area (Å²) in [4.78, 5) is 0. The average molecular weight is 226 g/mol. The average Bonchev–Trinajstić information content (AvgIpc) is 3.10. The van der Waals surface area contributed by atoms with Gasteiger partial charge in [-0.05, 0) is 29.5 Å². The van der Waals surface area contributed by atoms with Gasteiger partial charge in [-0.15, -0.1) is 0 Å². The Hall–Kier alpha value is -1.21. The Morgan fingerprint density at radius 2 is 1.31 bits per heavy atom. The topological polar surface area (TPSA) is 0 Å². The molecular weight excluding hydrogens is 212 g/mol. The molecule has 2 aromatic carbocycles. The highest BCUT2D eigenvalue weighted by Gasteiger charge is 2.40. The van der Waals surface area contributed by atoms with Crippen molar-refractivity contribution >= 4 is 12.6 Å². The van der Waals surface area contributed by atoms with Gasteiger partial charge in [-0.2, -0.15) is 12.6 Å². The number of thiol groups is 1. The third kappa shape index (κ3) is 1.76. The molecule has 16 heavy (non-hydrogen) atoms. The van der Waals surface area contributed by atoms with E-state index >= 15 is 0 Å². The third-order valence-electron chi connectivity index (χ3n) is 3.25. The molecule has 0 N–H and O–H groups in total. The third-order valence-corrected chi connectivity index (χ3v) is 3.96. The van der Waals surface area contributed by atoms with Crippen molar-refractivity contribution < 1.29 is 0 Å². The first-order chi connectivity index (χ1) is 7.78. The lowest BCUT2D eigenvalue weighted by molar-refractivity contribution is 1.05. The minimum Gasteiger partial charge on any atom is -0.168 e. The van der Waals surface area contributed by atoms with Crippen molar-refractivity contribution in [3.05, 3.63) is 60.2 Å². The molecule has 0 aromatic heterocycles. The molecule has 2 aromatic rings. The van der Waals surface area contributed by atoms with E-state index in [0.29, 0.717) is 0 Å². The van der Waals surface area contributed by atoms with Gasteiger partial charge in [0.15, 0.2) is 0 Å². The van der Waals surface area contributed by atoms with Crippen molar-refractivity contribution in [3.63, 3.8) is 0 Å². The zero-order chi connectivity index (χ0) is 11.0. The second kappa shape index (κ2) is 3.67. The fourth-order valence-corrected chi connectivity index (χ4v) is 2.27. The summed E-state index contributed by atoms with van der Waals surface area (Å²) < 4.78 is 0.176. The van der Waals surface area contributed by atoms with Crippen LogP contribution < -0.4 is 0 Å². The molecule has 0 spiro atoms. The lowest BCUT2D eigenvalue weighted by Crippen LogP contribution is -1.94. The summed E-state index contributed by atoms with van der Waals surface area (Å²) in [6.07, 6.45) is 2.42. The Morgan fingerprint density at radius 3 is 1.88 bits per heavy atom. The summed E-state index contributed by atoms with van der Waals surface area (Å²) in [5, 5.41) is 0. The van der Waals surface area contributed by atoms with E-state index in [1.807, 2.05) is 6.07 Å². The SMILES string of the molecule is SC1(c2ccc(-c3ccccc3)cc2)CC1. The molecule has 0 bridgehead atoms. The summed E-state index contributed by atoms with van der Waals surface area (Å²) in [7, 11) is 0. The van der Waals surface area contributed by atoms with Gasteiger partial charge >= 0.3 is 0 Å².